The zero-order valence-electron chi connectivity index (χ0n) is 10.3. The topological polar surface area (TPSA) is 55.1 Å². The van der Waals surface area contributed by atoms with Gasteiger partial charge in [-0.15, -0.1) is 0 Å². The van der Waals surface area contributed by atoms with Gasteiger partial charge in [0.2, 0.25) is 0 Å². The van der Waals surface area contributed by atoms with Crippen LogP contribution in [0.15, 0.2) is 18.2 Å². The molecular formula is C13H15F3N2O. The van der Waals surface area contributed by atoms with Crippen LogP contribution >= 0.6 is 0 Å². The van der Waals surface area contributed by atoms with Crippen molar-refractivity contribution in [1.82, 2.24) is 5.32 Å². The molecule has 1 aliphatic rings. The second kappa shape index (κ2) is 5.11. The van der Waals surface area contributed by atoms with Crippen LogP contribution in [0.1, 0.15) is 35.2 Å². The van der Waals surface area contributed by atoms with Crippen LogP contribution in [0.3, 0.4) is 0 Å². The number of carbonyl (C=O) groups is 1. The third-order valence-corrected chi connectivity index (χ3v) is 3.43. The van der Waals surface area contributed by atoms with Gasteiger partial charge in [0.05, 0.1) is 16.8 Å². The van der Waals surface area contributed by atoms with Gasteiger partial charge in [-0.1, -0.05) is 12.5 Å². The highest BCUT2D eigenvalue weighted by molar-refractivity contribution is 5.99. The van der Waals surface area contributed by atoms with E-state index in [9.17, 15) is 18.0 Å². The van der Waals surface area contributed by atoms with Crippen molar-refractivity contribution in [3.05, 3.63) is 29.3 Å². The van der Waals surface area contributed by atoms with E-state index in [1.807, 2.05) is 0 Å². The molecule has 1 amide bonds. The smallest absolute Gasteiger partial charge is 0.398 e. The number of hydrogen-bond donors (Lipinski definition) is 2. The zero-order valence-corrected chi connectivity index (χ0v) is 10.3. The van der Waals surface area contributed by atoms with E-state index in [2.05, 4.69) is 5.32 Å². The lowest BCUT2D eigenvalue weighted by Gasteiger charge is -2.25. The van der Waals surface area contributed by atoms with Gasteiger partial charge in [0, 0.05) is 6.54 Å². The summed E-state index contributed by atoms with van der Waals surface area (Å²) in [5.74, 6) is -0.105. The number of para-hydroxylation sites is 1. The average Bonchev–Trinajstić information content (AvgIpc) is 2.25. The van der Waals surface area contributed by atoms with E-state index in [0.29, 0.717) is 12.5 Å². The van der Waals surface area contributed by atoms with Crippen LogP contribution in [-0.4, -0.2) is 12.5 Å². The number of nitrogen functional groups attached to an aromatic ring is 1. The Morgan fingerprint density at radius 2 is 2.05 bits per heavy atom. The molecule has 19 heavy (non-hydrogen) atoms. The van der Waals surface area contributed by atoms with Crippen LogP contribution in [0.2, 0.25) is 0 Å². The molecule has 1 aromatic rings. The first-order valence-electron chi connectivity index (χ1n) is 6.13. The van der Waals surface area contributed by atoms with Gasteiger partial charge in [0.25, 0.3) is 5.91 Å². The molecule has 1 fully saturated rings. The summed E-state index contributed by atoms with van der Waals surface area (Å²) in [7, 11) is 0. The van der Waals surface area contributed by atoms with E-state index < -0.39 is 23.3 Å². The number of rotatable bonds is 3. The van der Waals surface area contributed by atoms with Gasteiger partial charge in [-0.2, -0.15) is 13.2 Å². The van der Waals surface area contributed by atoms with Crippen molar-refractivity contribution in [1.29, 1.82) is 0 Å². The van der Waals surface area contributed by atoms with Gasteiger partial charge in [0.1, 0.15) is 0 Å². The summed E-state index contributed by atoms with van der Waals surface area (Å²) >= 11 is 0. The number of halogens is 3. The molecule has 0 bridgehead atoms. The summed E-state index contributed by atoms with van der Waals surface area (Å²) < 4.78 is 38.0. The predicted molar refractivity (Wildman–Crippen MR) is 65.5 cm³/mol. The summed E-state index contributed by atoms with van der Waals surface area (Å²) in [5, 5.41) is 2.63. The molecular weight excluding hydrogens is 257 g/mol. The van der Waals surface area contributed by atoms with Crippen molar-refractivity contribution in [2.45, 2.75) is 25.4 Å². The van der Waals surface area contributed by atoms with E-state index >= 15 is 0 Å². The van der Waals surface area contributed by atoms with Crippen LogP contribution in [0.25, 0.3) is 0 Å². The SMILES string of the molecule is Nc1c(C(=O)NCC2CCC2)cccc1C(F)(F)F. The van der Waals surface area contributed by atoms with Crippen molar-refractivity contribution >= 4 is 11.6 Å². The highest BCUT2D eigenvalue weighted by Crippen LogP contribution is 2.35. The van der Waals surface area contributed by atoms with Gasteiger partial charge < -0.3 is 11.1 Å². The number of benzene rings is 1. The summed E-state index contributed by atoms with van der Waals surface area (Å²) in [6.45, 7) is 0.495. The quantitative estimate of drug-likeness (QED) is 0.831. The van der Waals surface area contributed by atoms with E-state index in [0.717, 1.165) is 25.3 Å². The molecule has 2 rings (SSSR count). The molecule has 1 aromatic carbocycles. The van der Waals surface area contributed by atoms with Gasteiger partial charge in [-0.05, 0) is 30.9 Å². The van der Waals surface area contributed by atoms with Crippen LogP contribution in [0, 0.1) is 5.92 Å². The number of nitrogens with one attached hydrogen (secondary N) is 1. The Kier molecular flexibility index (Phi) is 3.68. The van der Waals surface area contributed by atoms with E-state index in [1.165, 1.54) is 12.1 Å². The molecule has 1 aliphatic carbocycles. The van der Waals surface area contributed by atoms with Gasteiger partial charge >= 0.3 is 6.18 Å². The maximum absolute atomic E-state index is 12.7. The lowest BCUT2D eigenvalue weighted by atomic mass is 9.85. The normalized spacial score (nSPS) is 15.9. The highest BCUT2D eigenvalue weighted by atomic mass is 19.4. The summed E-state index contributed by atoms with van der Waals surface area (Å²) in [4.78, 5) is 11.8. The molecule has 0 heterocycles. The minimum atomic E-state index is -4.55. The first-order valence-corrected chi connectivity index (χ1v) is 6.13. The molecule has 104 valence electrons. The Bertz CT molecular complexity index is 481. The number of alkyl halides is 3. The monoisotopic (exact) mass is 272 g/mol. The van der Waals surface area contributed by atoms with Crippen molar-refractivity contribution in [2.75, 3.05) is 12.3 Å². The van der Waals surface area contributed by atoms with Crippen LogP contribution in [0.5, 0.6) is 0 Å². The second-order valence-corrected chi connectivity index (χ2v) is 4.77. The first kappa shape index (κ1) is 13.7. The molecule has 0 aliphatic heterocycles. The fraction of sp³-hybridized carbons (Fsp3) is 0.462. The highest BCUT2D eigenvalue weighted by Gasteiger charge is 2.34. The molecule has 3 nitrogen and oxygen atoms in total. The molecule has 0 atom stereocenters. The summed E-state index contributed by atoms with van der Waals surface area (Å²) in [5.41, 5.74) is 3.84. The number of hydrogen-bond acceptors (Lipinski definition) is 2. The van der Waals surface area contributed by atoms with Crippen molar-refractivity contribution in [3.8, 4) is 0 Å². The fourth-order valence-corrected chi connectivity index (χ4v) is 2.04. The van der Waals surface area contributed by atoms with Crippen LogP contribution in [0.4, 0.5) is 18.9 Å². The molecule has 6 heteroatoms. The largest absolute Gasteiger partial charge is 0.418 e. The third-order valence-electron chi connectivity index (χ3n) is 3.43. The zero-order chi connectivity index (χ0) is 14.0. The molecule has 0 radical (unpaired) electrons. The standard InChI is InChI=1S/C13H15F3N2O/c14-13(15,16)10-6-2-5-9(11(10)17)12(19)18-7-8-3-1-4-8/h2,5-6,8H,1,3-4,7,17H2,(H,18,19). The molecule has 0 aromatic heterocycles. The van der Waals surface area contributed by atoms with Crippen molar-refractivity contribution < 1.29 is 18.0 Å². The van der Waals surface area contributed by atoms with Crippen molar-refractivity contribution in [3.63, 3.8) is 0 Å². The Labute approximate surface area is 109 Å². The minimum Gasteiger partial charge on any atom is -0.398 e. The molecule has 3 N–H and O–H groups in total. The molecule has 0 saturated heterocycles. The van der Waals surface area contributed by atoms with Crippen LogP contribution < -0.4 is 11.1 Å². The Morgan fingerprint density at radius 1 is 1.37 bits per heavy atom. The van der Waals surface area contributed by atoms with Gasteiger partial charge in [0.15, 0.2) is 0 Å². The Morgan fingerprint density at radius 3 is 2.58 bits per heavy atom. The van der Waals surface area contributed by atoms with Gasteiger partial charge in [-0.3, -0.25) is 4.79 Å². The summed E-state index contributed by atoms with van der Waals surface area (Å²) in [6.07, 6.45) is -1.29. The van der Waals surface area contributed by atoms with E-state index in [-0.39, 0.29) is 5.56 Å². The van der Waals surface area contributed by atoms with E-state index in [1.54, 1.807) is 0 Å². The Balaban J connectivity index is 2.12. The maximum atomic E-state index is 12.7. The number of carbonyl (C=O) groups excluding carboxylic acids is 1. The molecule has 0 unspecified atom stereocenters. The maximum Gasteiger partial charge on any atom is 0.418 e. The lowest BCUT2D eigenvalue weighted by Crippen LogP contribution is -2.32. The predicted octanol–water partition coefficient (Wildman–Crippen LogP) is 2.82. The van der Waals surface area contributed by atoms with E-state index in [4.69, 9.17) is 5.73 Å². The second-order valence-electron chi connectivity index (χ2n) is 4.77. The van der Waals surface area contributed by atoms with Gasteiger partial charge in [-0.25, -0.2) is 0 Å². The van der Waals surface area contributed by atoms with Crippen LogP contribution in [-0.2, 0) is 6.18 Å². The first-order chi connectivity index (χ1) is 8.89. The minimum absolute atomic E-state index is 0.117. The number of nitrogens with two attached hydrogens (primary N) is 1. The molecule has 1 saturated carbocycles. The molecule has 0 spiro atoms. The summed E-state index contributed by atoms with van der Waals surface area (Å²) in [6, 6.07) is 3.37. The Hall–Kier alpha value is -1.72. The number of amides is 1. The average molecular weight is 272 g/mol. The third kappa shape index (κ3) is 3.00. The fourth-order valence-electron chi connectivity index (χ4n) is 2.04. The number of anilines is 1. The van der Waals surface area contributed by atoms with Crippen molar-refractivity contribution in [2.24, 2.45) is 5.92 Å². The lowest BCUT2D eigenvalue weighted by molar-refractivity contribution is -0.136.